The van der Waals surface area contributed by atoms with Crippen LogP contribution in [0, 0.1) is 0 Å². The Kier molecular flexibility index (Phi) is 8.69. The number of nitrogens with zero attached hydrogens (tertiary/aromatic N) is 2. The van der Waals surface area contributed by atoms with Gasteiger partial charge in [0.15, 0.2) is 0 Å². The van der Waals surface area contributed by atoms with E-state index < -0.39 is 10.0 Å². The number of aryl methyl sites for hydroxylation is 1. The average molecular weight is 492 g/mol. The van der Waals surface area contributed by atoms with Crippen LogP contribution in [0.3, 0.4) is 0 Å². The third kappa shape index (κ3) is 7.49. The highest BCUT2D eigenvalue weighted by atomic mass is 32.2. The van der Waals surface area contributed by atoms with Gasteiger partial charge in [-0.15, -0.1) is 0 Å². The Morgan fingerprint density at radius 3 is 1.91 bits per heavy atom. The summed E-state index contributed by atoms with van der Waals surface area (Å²) in [6, 6.07) is 27.0. The Hall–Kier alpha value is -3.00. The lowest BCUT2D eigenvalue weighted by Gasteiger charge is -2.34. The second-order valence-corrected chi connectivity index (χ2v) is 10.7. The van der Waals surface area contributed by atoms with Crippen molar-refractivity contribution in [1.29, 1.82) is 0 Å². The number of carbonyl (C=O) groups excluding carboxylic acids is 1. The maximum atomic E-state index is 12.7. The van der Waals surface area contributed by atoms with Gasteiger partial charge in [0.05, 0.1) is 4.90 Å². The third-order valence-corrected chi connectivity index (χ3v) is 7.86. The van der Waals surface area contributed by atoms with Gasteiger partial charge in [-0.05, 0) is 41.7 Å². The van der Waals surface area contributed by atoms with Gasteiger partial charge >= 0.3 is 0 Å². The molecule has 0 atom stereocenters. The minimum Gasteiger partial charge on any atom is -0.340 e. The molecule has 1 aliphatic rings. The molecule has 3 aromatic carbocycles. The van der Waals surface area contributed by atoms with Crippen LogP contribution in [0.4, 0.5) is 0 Å². The maximum absolute atomic E-state index is 12.7. The van der Waals surface area contributed by atoms with Crippen LogP contribution in [0.1, 0.15) is 23.1 Å². The second kappa shape index (κ2) is 12.1. The minimum atomic E-state index is -3.55. The van der Waals surface area contributed by atoms with Crippen molar-refractivity contribution in [3.8, 4) is 0 Å². The summed E-state index contributed by atoms with van der Waals surface area (Å²) < 4.78 is 27.8. The Balaban J connectivity index is 1.20. The molecule has 3 aromatic rings. The smallest absolute Gasteiger partial charge is 0.240 e. The molecule has 0 aliphatic carbocycles. The topological polar surface area (TPSA) is 69.7 Å². The van der Waals surface area contributed by atoms with Gasteiger partial charge in [0.1, 0.15) is 0 Å². The molecule has 184 valence electrons. The molecule has 4 rings (SSSR count). The first-order valence-corrected chi connectivity index (χ1v) is 13.6. The fourth-order valence-electron chi connectivity index (χ4n) is 4.30. The van der Waals surface area contributed by atoms with Crippen molar-refractivity contribution in [3.63, 3.8) is 0 Å². The summed E-state index contributed by atoms with van der Waals surface area (Å²) in [4.78, 5) is 17.3. The van der Waals surface area contributed by atoms with Crippen LogP contribution in [0.5, 0.6) is 0 Å². The number of rotatable bonds is 10. The first-order chi connectivity index (χ1) is 17.0. The molecular weight excluding hydrogens is 458 g/mol. The van der Waals surface area contributed by atoms with Gasteiger partial charge in [-0.2, -0.15) is 0 Å². The lowest BCUT2D eigenvalue weighted by molar-refractivity contribution is -0.133. The predicted molar refractivity (Wildman–Crippen MR) is 138 cm³/mol. The van der Waals surface area contributed by atoms with Crippen LogP contribution in [-0.2, 0) is 34.2 Å². The Labute approximate surface area is 208 Å². The number of amides is 1. The van der Waals surface area contributed by atoms with Crippen LogP contribution < -0.4 is 4.72 Å². The number of nitrogens with one attached hydrogen (secondary N) is 1. The van der Waals surface area contributed by atoms with Crippen molar-refractivity contribution in [2.24, 2.45) is 0 Å². The zero-order valence-corrected chi connectivity index (χ0v) is 20.8. The van der Waals surface area contributed by atoms with Gasteiger partial charge in [-0.1, -0.05) is 72.8 Å². The van der Waals surface area contributed by atoms with Gasteiger partial charge in [0, 0.05) is 45.7 Å². The number of carbonyl (C=O) groups is 1. The quantitative estimate of drug-likeness (QED) is 0.471. The van der Waals surface area contributed by atoms with Crippen molar-refractivity contribution >= 4 is 15.9 Å². The number of hydrogen-bond acceptors (Lipinski definition) is 4. The average Bonchev–Trinajstić information content (AvgIpc) is 2.89. The largest absolute Gasteiger partial charge is 0.340 e. The number of benzene rings is 3. The van der Waals surface area contributed by atoms with E-state index in [2.05, 4.69) is 33.9 Å². The minimum absolute atomic E-state index is 0.156. The zero-order valence-electron chi connectivity index (χ0n) is 20.0. The van der Waals surface area contributed by atoms with E-state index in [0.29, 0.717) is 25.8 Å². The van der Waals surface area contributed by atoms with E-state index in [1.807, 2.05) is 41.3 Å². The number of hydrogen-bond donors (Lipinski definition) is 1. The zero-order chi connectivity index (χ0) is 24.5. The van der Waals surface area contributed by atoms with E-state index in [-0.39, 0.29) is 10.8 Å². The molecule has 1 amide bonds. The third-order valence-electron chi connectivity index (χ3n) is 6.38. The molecule has 0 saturated carbocycles. The van der Waals surface area contributed by atoms with Gasteiger partial charge in [-0.3, -0.25) is 9.69 Å². The first kappa shape index (κ1) is 25.1. The number of sulfonamides is 1. The Bertz CT molecular complexity index is 1180. The lowest BCUT2D eigenvalue weighted by atomic mass is 10.1. The Morgan fingerprint density at radius 1 is 0.714 bits per heavy atom. The molecule has 7 heteroatoms. The van der Waals surface area contributed by atoms with Crippen LogP contribution in [0.2, 0.25) is 0 Å². The molecule has 1 aliphatic heterocycles. The van der Waals surface area contributed by atoms with Crippen molar-refractivity contribution in [2.45, 2.75) is 30.7 Å². The summed E-state index contributed by atoms with van der Waals surface area (Å²) in [5.74, 6) is 0.156. The molecule has 0 unspecified atom stereocenters. The monoisotopic (exact) mass is 491 g/mol. The number of piperazine rings is 1. The molecule has 0 radical (unpaired) electrons. The van der Waals surface area contributed by atoms with Crippen LogP contribution in [0.15, 0.2) is 89.8 Å². The summed E-state index contributed by atoms with van der Waals surface area (Å²) in [5, 5.41) is 0. The summed E-state index contributed by atoms with van der Waals surface area (Å²) in [5.41, 5.74) is 3.35. The summed E-state index contributed by atoms with van der Waals surface area (Å²) in [6.07, 6.45) is 1.67. The van der Waals surface area contributed by atoms with Gasteiger partial charge < -0.3 is 4.90 Å². The van der Waals surface area contributed by atoms with Crippen LogP contribution in [0.25, 0.3) is 0 Å². The maximum Gasteiger partial charge on any atom is 0.240 e. The molecule has 35 heavy (non-hydrogen) atoms. The second-order valence-electron chi connectivity index (χ2n) is 8.92. The van der Waals surface area contributed by atoms with E-state index >= 15 is 0 Å². The van der Waals surface area contributed by atoms with Crippen molar-refractivity contribution in [2.75, 3.05) is 32.7 Å². The molecule has 1 heterocycles. The molecule has 6 nitrogen and oxygen atoms in total. The highest BCUT2D eigenvalue weighted by Crippen LogP contribution is 2.14. The SMILES string of the molecule is O=C(CCc1ccc(S(=O)(=O)NCCc2ccccc2)cc1)N1CCN(Cc2ccccc2)CC1. The van der Waals surface area contributed by atoms with Gasteiger partial charge in [0.25, 0.3) is 0 Å². The van der Waals surface area contributed by atoms with E-state index in [9.17, 15) is 13.2 Å². The molecule has 1 N–H and O–H groups in total. The molecule has 0 bridgehead atoms. The van der Waals surface area contributed by atoms with Crippen LogP contribution in [-0.4, -0.2) is 56.8 Å². The summed E-state index contributed by atoms with van der Waals surface area (Å²) in [6.45, 7) is 4.52. The highest BCUT2D eigenvalue weighted by molar-refractivity contribution is 7.89. The molecular formula is C28H33N3O3S. The van der Waals surface area contributed by atoms with Crippen molar-refractivity contribution in [1.82, 2.24) is 14.5 Å². The first-order valence-electron chi connectivity index (χ1n) is 12.2. The van der Waals surface area contributed by atoms with Crippen molar-refractivity contribution in [3.05, 3.63) is 102 Å². The van der Waals surface area contributed by atoms with Gasteiger partial charge in [-0.25, -0.2) is 13.1 Å². The molecule has 1 saturated heterocycles. The lowest BCUT2D eigenvalue weighted by Crippen LogP contribution is -2.48. The van der Waals surface area contributed by atoms with E-state index in [0.717, 1.165) is 43.9 Å². The van der Waals surface area contributed by atoms with Crippen LogP contribution >= 0.6 is 0 Å². The van der Waals surface area contributed by atoms with E-state index in [4.69, 9.17) is 0 Å². The molecule has 0 aromatic heterocycles. The van der Waals surface area contributed by atoms with Gasteiger partial charge in [0.2, 0.25) is 15.9 Å². The van der Waals surface area contributed by atoms with E-state index in [1.165, 1.54) is 5.56 Å². The highest BCUT2D eigenvalue weighted by Gasteiger charge is 2.21. The fraction of sp³-hybridized carbons (Fsp3) is 0.321. The fourth-order valence-corrected chi connectivity index (χ4v) is 5.33. The molecule has 0 spiro atoms. The van der Waals surface area contributed by atoms with Crippen molar-refractivity contribution < 1.29 is 13.2 Å². The normalized spacial score (nSPS) is 14.7. The molecule has 1 fully saturated rings. The summed E-state index contributed by atoms with van der Waals surface area (Å²) in [7, 11) is -3.55. The predicted octanol–water partition coefficient (Wildman–Crippen LogP) is 3.48. The Morgan fingerprint density at radius 2 is 1.29 bits per heavy atom. The summed E-state index contributed by atoms with van der Waals surface area (Å²) >= 11 is 0. The van der Waals surface area contributed by atoms with E-state index in [1.54, 1.807) is 24.3 Å². The standard InChI is InChI=1S/C28H33N3O3S/c32-28(31-21-19-30(20-22-31)23-26-9-5-2-6-10-26)16-13-25-11-14-27(15-12-25)35(33,34)29-18-17-24-7-3-1-4-8-24/h1-12,14-15,29H,13,16-23H2.